The van der Waals surface area contributed by atoms with Gasteiger partial charge in [0, 0.05) is 40.6 Å². The molecule has 0 radical (unpaired) electrons. The van der Waals surface area contributed by atoms with E-state index in [0.29, 0.717) is 11.8 Å². The molecule has 0 saturated carbocycles. The van der Waals surface area contributed by atoms with Crippen molar-refractivity contribution in [3.63, 3.8) is 0 Å². The van der Waals surface area contributed by atoms with E-state index in [1.54, 1.807) is 12.4 Å². The summed E-state index contributed by atoms with van der Waals surface area (Å²) in [5, 5.41) is 9.55. The molecule has 0 saturated heterocycles. The van der Waals surface area contributed by atoms with E-state index in [9.17, 15) is 5.26 Å². The van der Waals surface area contributed by atoms with Gasteiger partial charge < -0.3 is 0 Å². The first kappa shape index (κ1) is 24.3. The van der Waals surface area contributed by atoms with Crippen LogP contribution < -0.4 is 0 Å². The maximum absolute atomic E-state index is 9.55. The van der Waals surface area contributed by atoms with Crippen LogP contribution in [-0.4, -0.2) is 15.0 Å². The highest BCUT2D eigenvalue weighted by Gasteiger charge is 2.38. The number of allylic oxidation sites excluding steroid dienone is 2. The van der Waals surface area contributed by atoms with Crippen LogP contribution in [0.3, 0.4) is 0 Å². The van der Waals surface area contributed by atoms with Crippen molar-refractivity contribution < 1.29 is 0 Å². The molecule has 0 fully saturated rings. The third-order valence-corrected chi connectivity index (χ3v) is 6.34. The van der Waals surface area contributed by atoms with Gasteiger partial charge in [0.05, 0.1) is 17.5 Å². The van der Waals surface area contributed by atoms with Gasteiger partial charge in [-0.05, 0) is 43.2 Å². The fraction of sp³-hybridized carbons (Fsp3) is 0.379. The average molecular weight is 439 g/mol. The molecule has 1 aromatic carbocycles. The summed E-state index contributed by atoms with van der Waals surface area (Å²) >= 11 is 0. The Hall–Kier alpha value is -3.32. The first-order valence-electron chi connectivity index (χ1n) is 12.2. The number of nitriles is 1. The lowest BCUT2D eigenvalue weighted by Crippen LogP contribution is -2.30. The predicted octanol–water partition coefficient (Wildman–Crippen LogP) is 7.39. The normalized spacial score (nSPS) is 20.4. The van der Waals surface area contributed by atoms with Gasteiger partial charge in [-0.1, -0.05) is 71.0 Å². The summed E-state index contributed by atoms with van der Waals surface area (Å²) in [6.07, 6.45) is 8.60. The monoisotopic (exact) mass is 438 g/mol. The van der Waals surface area contributed by atoms with Crippen molar-refractivity contribution in [2.45, 2.75) is 59.8 Å². The zero-order chi connectivity index (χ0) is 23.8. The summed E-state index contributed by atoms with van der Waals surface area (Å²) < 4.78 is 0. The fourth-order valence-corrected chi connectivity index (χ4v) is 4.94. The predicted molar refractivity (Wildman–Crippen MR) is 135 cm³/mol. The minimum absolute atomic E-state index is 0.277. The van der Waals surface area contributed by atoms with Crippen LogP contribution in [0.15, 0.2) is 66.5 Å². The maximum Gasteiger partial charge on any atom is 0.160 e. The molecule has 3 atom stereocenters. The fourth-order valence-electron chi connectivity index (χ4n) is 4.94. The molecule has 4 heteroatoms. The largest absolute Gasteiger partial charge is 0.265 e. The minimum Gasteiger partial charge on any atom is -0.265 e. The van der Waals surface area contributed by atoms with Gasteiger partial charge in [-0.2, -0.15) is 5.26 Å². The van der Waals surface area contributed by atoms with Crippen molar-refractivity contribution in [1.82, 2.24) is 15.0 Å². The Morgan fingerprint density at radius 3 is 2.27 bits per heavy atom. The highest BCUT2D eigenvalue weighted by Crippen LogP contribution is 2.48. The van der Waals surface area contributed by atoms with Gasteiger partial charge in [0.15, 0.2) is 5.82 Å². The number of nitrogens with zero attached hydrogens (tertiary/aromatic N) is 4. The molecule has 0 amide bonds. The molecule has 2 aromatic heterocycles. The summed E-state index contributed by atoms with van der Waals surface area (Å²) in [6.45, 7) is 10.2. The first-order valence-corrected chi connectivity index (χ1v) is 12.2. The molecule has 170 valence electrons. The molecule has 3 unspecified atom stereocenters. The van der Waals surface area contributed by atoms with Crippen molar-refractivity contribution in [3.8, 4) is 28.7 Å². The summed E-state index contributed by atoms with van der Waals surface area (Å²) in [4.78, 5) is 14.2. The number of aromatic nitrogens is 3. The summed E-state index contributed by atoms with van der Waals surface area (Å²) in [7, 11) is 0. The van der Waals surface area contributed by atoms with Crippen molar-refractivity contribution >= 4 is 0 Å². The van der Waals surface area contributed by atoms with Crippen LogP contribution in [0.25, 0.3) is 22.6 Å². The van der Waals surface area contributed by atoms with Gasteiger partial charge in [0.25, 0.3) is 0 Å². The highest BCUT2D eigenvalue weighted by molar-refractivity contribution is 5.68. The number of fused-ring (bicyclic) bond motifs is 3. The van der Waals surface area contributed by atoms with Gasteiger partial charge in [0.1, 0.15) is 0 Å². The van der Waals surface area contributed by atoms with Crippen molar-refractivity contribution in [2.24, 2.45) is 11.8 Å². The van der Waals surface area contributed by atoms with Gasteiger partial charge in [-0.25, -0.2) is 9.97 Å². The summed E-state index contributed by atoms with van der Waals surface area (Å²) in [5.41, 5.74) is 6.40. The van der Waals surface area contributed by atoms with E-state index in [4.69, 9.17) is 9.97 Å². The average Bonchev–Trinajstić information content (AvgIpc) is 2.91. The number of benzene rings is 1. The van der Waals surface area contributed by atoms with E-state index in [0.717, 1.165) is 53.2 Å². The Kier molecular flexibility index (Phi) is 8.49. The number of hydrogen-bond acceptors (Lipinski definition) is 4. The van der Waals surface area contributed by atoms with E-state index >= 15 is 0 Å². The maximum atomic E-state index is 9.55. The molecule has 2 aliphatic carbocycles. The number of pyridine rings is 1. The van der Waals surface area contributed by atoms with Gasteiger partial charge >= 0.3 is 0 Å². The minimum atomic E-state index is 0.277. The van der Waals surface area contributed by atoms with Crippen LogP contribution in [0.2, 0.25) is 0 Å². The first-order chi connectivity index (χ1) is 16.2. The van der Waals surface area contributed by atoms with Crippen LogP contribution in [0, 0.1) is 23.2 Å². The lowest BCUT2D eigenvalue weighted by molar-refractivity contribution is 0.282. The van der Waals surface area contributed by atoms with Crippen LogP contribution >= 0.6 is 0 Å². The molecule has 33 heavy (non-hydrogen) atoms. The van der Waals surface area contributed by atoms with Gasteiger partial charge in [-0.15, -0.1) is 0 Å². The van der Waals surface area contributed by atoms with Crippen molar-refractivity contribution in [1.29, 1.82) is 5.26 Å². The van der Waals surface area contributed by atoms with E-state index in [-0.39, 0.29) is 5.92 Å². The zero-order valence-corrected chi connectivity index (χ0v) is 20.4. The molecular weight excluding hydrogens is 404 g/mol. The second-order valence-corrected chi connectivity index (χ2v) is 8.04. The second kappa shape index (κ2) is 11.5. The number of hydrogen-bond donors (Lipinski definition) is 0. The molecule has 0 spiro atoms. The molecule has 0 aliphatic heterocycles. The Morgan fingerprint density at radius 2 is 1.61 bits per heavy atom. The van der Waals surface area contributed by atoms with Gasteiger partial charge in [0.2, 0.25) is 0 Å². The SMILES string of the molecule is CC.CC.CC1C=C(C#N)CC2c3nc(-c4ccncc4)nc(-c4ccccc4)c3CCC12. The third-order valence-electron chi connectivity index (χ3n) is 6.34. The van der Waals surface area contributed by atoms with E-state index < -0.39 is 0 Å². The van der Waals surface area contributed by atoms with Crippen LogP contribution in [0.5, 0.6) is 0 Å². The molecule has 2 aliphatic rings. The topological polar surface area (TPSA) is 62.5 Å². The molecule has 0 bridgehead atoms. The van der Waals surface area contributed by atoms with E-state index in [2.05, 4.69) is 48.3 Å². The quantitative estimate of drug-likeness (QED) is 0.418. The molecule has 2 heterocycles. The lowest BCUT2D eigenvalue weighted by atomic mass is 9.66. The van der Waals surface area contributed by atoms with E-state index in [1.165, 1.54) is 5.56 Å². The second-order valence-electron chi connectivity index (χ2n) is 8.04. The Balaban J connectivity index is 0.000000728. The smallest absolute Gasteiger partial charge is 0.160 e. The summed E-state index contributed by atoms with van der Waals surface area (Å²) in [6, 6.07) is 16.7. The number of rotatable bonds is 2. The van der Waals surface area contributed by atoms with Crippen LogP contribution in [0.4, 0.5) is 0 Å². The molecule has 0 N–H and O–H groups in total. The standard InChI is InChI=1S/C25H22N4.2C2H6/c1-16-13-17(15-26)14-22-20(16)7-8-21-23(18-5-3-2-4-6-18)28-25(29-24(21)22)19-9-11-27-12-10-19;2*1-2/h2-6,9-13,16,20,22H,7-8,14H2,1H3;2*1-2H3. The Bertz CT molecular complexity index is 1110. The molecule has 4 nitrogen and oxygen atoms in total. The lowest BCUT2D eigenvalue weighted by Gasteiger charge is -2.39. The molecular formula is C29H34N4. The Morgan fingerprint density at radius 1 is 0.909 bits per heavy atom. The molecule has 5 rings (SSSR count). The van der Waals surface area contributed by atoms with Gasteiger partial charge in [-0.3, -0.25) is 4.98 Å². The van der Waals surface area contributed by atoms with Crippen molar-refractivity contribution in [2.75, 3.05) is 0 Å². The van der Waals surface area contributed by atoms with Crippen LogP contribution in [-0.2, 0) is 6.42 Å². The summed E-state index contributed by atoms with van der Waals surface area (Å²) in [5.74, 6) is 1.95. The third kappa shape index (κ3) is 5.03. The Labute approximate surface area is 198 Å². The van der Waals surface area contributed by atoms with Crippen molar-refractivity contribution in [3.05, 3.63) is 77.8 Å². The highest BCUT2D eigenvalue weighted by atomic mass is 14.9. The zero-order valence-electron chi connectivity index (χ0n) is 20.4. The van der Waals surface area contributed by atoms with E-state index in [1.807, 2.05) is 45.9 Å². The van der Waals surface area contributed by atoms with Crippen LogP contribution in [0.1, 0.15) is 64.6 Å². The molecule has 3 aromatic rings.